The molecule has 1 unspecified atom stereocenters. The SMILES string of the molecule is OC1CC(NCC(O)c2ccc(F)c(F)c2)C1. The van der Waals surface area contributed by atoms with Gasteiger partial charge in [0.05, 0.1) is 12.2 Å². The number of rotatable bonds is 4. The average Bonchev–Trinajstić information content (AvgIpc) is 2.26. The second kappa shape index (κ2) is 5.08. The van der Waals surface area contributed by atoms with Crippen LogP contribution in [0.15, 0.2) is 18.2 Å². The quantitative estimate of drug-likeness (QED) is 0.742. The number of aliphatic hydroxyl groups is 2. The van der Waals surface area contributed by atoms with E-state index in [9.17, 15) is 13.9 Å². The smallest absolute Gasteiger partial charge is 0.159 e. The molecule has 0 radical (unpaired) electrons. The zero-order chi connectivity index (χ0) is 12.4. The molecule has 3 nitrogen and oxygen atoms in total. The molecular formula is C12H15F2NO2. The number of hydrogen-bond donors (Lipinski definition) is 3. The Hall–Kier alpha value is -1.04. The van der Waals surface area contributed by atoms with Gasteiger partial charge >= 0.3 is 0 Å². The topological polar surface area (TPSA) is 52.5 Å². The summed E-state index contributed by atoms with van der Waals surface area (Å²) >= 11 is 0. The highest BCUT2D eigenvalue weighted by atomic mass is 19.2. The Morgan fingerprint density at radius 3 is 2.59 bits per heavy atom. The van der Waals surface area contributed by atoms with Crippen molar-refractivity contribution in [3.8, 4) is 0 Å². The first-order valence-corrected chi connectivity index (χ1v) is 5.60. The molecule has 0 heterocycles. The highest BCUT2D eigenvalue weighted by molar-refractivity contribution is 5.20. The largest absolute Gasteiger partial charge is 0.393 e. The number of aliphatic hydroxyl groups excluding tert-OH is 2. The molecule has 1 aliphatic carbocycles. The third-order valence-electron chi connectivity index (χ3n) is 3.04. The molecule has 5 heteroatoms. The first kappa shape index (κ1) is 12.4. The van der Waals surface area contributed by atoms with Crippen LogP contribution < -0.4 is 5.32 Å². The zero-order valence-corrected chi connectivity index (χ0v) is 9.24. The van der Waals surface area contributed by atoms with Crippen LogP contribution in [0, 0.1) is 11.6 Å². The van der Waals surface area contributed by atoms with Crippen LogP contribution in [0.2, 0.25) is 0 Å². The lowest BCUT2D eigenvalue weighted by Gasteiger charge is -2.32. The van der Waals surface area contributed by atoms with Crippen LogP contribution in [-0.4, -0.2) is 28.9 Å². The second-order valence-electron chi connectivity index (χ2n) is 4.42. The highest BCUT2D eigenvalue weighted by Crippen LogP contribution is 2.21. The number of nitrogens with one attached hydrogen (secondary N) is 1. The summed E-state index contributed by atoms with van der Waals surface area (Å²) in [4.78, 5) is 0. The number of hydrogen-bond acceptors (Lipinski definition) is 3. The van der Waals surface area contributed by atoms with Gasteiger partial charge in [0.2, 0.25) is 0 Å². The molecule has 1 atom stereocenters. The van der Waals surface area contributed by atoms with Gasteiger partial charge in [0.15, 0.2) is 11.6 Å². The molecule has 1 aromatic rings. The van der Waals surface area contributed by atoms with Crippen molar-refractivity contribution in [3.05, 3.63) is 35.4 Å². The van der Waals surface area contributed by atoms with Crippen molar-refractivity contribution in [1.29, 1.82) is 0 Å². The Morgan fingerprint density at radius 1 is 1.29 bits per heavy atom. The summed E-state index contributed by atoms with van der Waals surface area (Å²) < 4.78 is 25.6. The summed E-state index contributed by atoms with van der Waals surface area (Å²) in [5, 5.41) is 21.9. The Kier molecular flexibility index (Phi) is 3.71. The predicted molar refractivity (Wildman–Crippen MR) is 58.3 cm³/mol. The van der Waals surface area contributed by atoms with Crippen LogP contribution in [0.4, 0.5) is 8.78 Å². The second-order valence-corrected chi connectivity index (χ2v) is 4.42. The van der Waals surface area contributed by atoms with E-state index in [4.69, 9.17) is 5.11 Å². The van der Waals surface area contributed by atoms with Crippen molar-refractivity contribution >= 4 is 0 Å². The fourth-order valence-corrected chi connectivity index (χ4v) is 1.87. The van der Waals surface area contributed by atoms with Gasteiger partial charge in [-0.25, -0.2) is 8.78 Å². The number of benzene rings is 1. The summed E-state index contributed by atoms with van der Waals surface area (Å²) in [5.41, 5.74) is 0.344. The van der Waals surface area contributed by atoms with E-state index in [0.717, 1.165) is 12.1 Å². The van der Waals surface area contributed by atoms with Gasteiger partial charge in [-0.2, -0.15) is 0 Å². The molecule has 3 N–H and O–H groups in total. The van der Waals surface area contributed by atoms with Crippen molar-refractivity contribution in [1.82, 2.24) is 5.32 Å². The van der Waals surface area contributed by atoms with Gasteiger partial charge in [-0.15, -0.1) is 0 Å². The molecule has 0 aromatic heterocycles. The molecule has 0 bridgehead atoms. The van der Waals surface area contributed by atoms with E-state index in [1.54, 1.807) is 0 Å². The first-order chi connectivity index (χ1) is 8.06. The van der Waals surface area contributed by atoms with Crippen LogP contribution in [0.25, 0.3) is 0 Å². The fraction of sp³-hybridized carbons (Fsp3) is 0.500. The van der Waals surface area contributed by atoms with E-state index in [-0.39, 0.29) is 18.7 Å². The summed E-state index contributed by atoms with van der Waals surface area (Å²) in [6.07, 6.45) is 0.213. The molecule has 0 spiro atoms. The molecule has 1 aromatic carbocycles. The van der Waals surface area contributed by atoms with Crippen molar-refractivity contribution in [2.45, 2.75) is 31.1 Å². The van der Waals surface area contributed by atoms with Gasteiger partial charge in [-0.05, 0) is 30.5 Å². The third kappa shape index (κ3) is 3.00. The van der Waals surface area contributed by atoms with E-state index in [0.29, 0.717) is 18.4 Å². The zero-order valence-electron chi connectivity index (χ0n) is 9.24. The van der Waals surface area contributed by atoms with Gasteiger partial charge in [0.25, 0.3) is 0 Å². The summed E-state index contributed by atoms with van der Waals surface area (Å²) in [6, 6.07) is 3.56. The van der Waals surface area contributed by atoms with Crippen molar-refractivity contribution in [2.75, 3.05) is 6.54 Å². The molecule has 0 aliphatic heterocycles. The minimum atomic E-state index is -0.958. The van der Waals surface area contributed by atoms with Gasteiger partial charge < -0.3 is 15.5 Å². The normalized spacial score (nSPS) is 25.4. The van der Waals surface area contributed by atoms with Crippen molar-refractivity contribution in [2.24, 2.45) is 0 Å². The third-order valence-corrected chi connectivity index (χ3v) is 3.04. The van der Waals surface area contributed by atoms with Crippen molar-refractivity contribution in [3.63, 3.8) is 0 Å². The maximum atomic E-state index is 12.9. The standard InChI is InChI=1S/C12H15F2NO2/c13-10-2-1-7(3-11(10)14)12(17)6-15-8-4-9(16)5-8/h1-3,8-9,12,15-17H,4-6H2. The fourth-order valence-electron chi connectivity index (χ4n) is 1.87. The lowest BCUT2D eigenvalue weighted by atomic mass is 9.89. The molecule has 1 fully saturated rings. The number of halogens is 2. The van der Waals surface area contributed by atoms with Crippen LogP contribution >= 0.6 is 0 Å². The monoisotopic (exact) mass is 243 g/mol. The highest BCUT2D eigenvalue weighted by Gasteiger charge is 2.27. The molecular weight excluding hydrogens is 228 g/mol. The van der Waals surface area contributed by atoms with Gasteiger partial charge in [0.1, 0.15) is 0 Å². The van der Waals surface area contributed by atoms with E-state index >= 15 is 0 Å². The first-order valence-electron chi connectivity index (χ1n) is 5.60. The van der Waals surface area contributed by atoms with E-state index in [2.05, 4.69) is 5.32 Å². The predicted octanol–water partition coefficient (Wildman–Crippen LogP) is 1.11. The van der Waals surface area contributed by atoms with Gasteiger partial charge in [0, 0.05) is 12.6 Å². The lowest BCUT2D eigenvalue weighted by Crippen LogP contribution is -2.45. The Balaban J connectivity index is 1.86. The van der Waals surface area contributed by atoms with E-state index in [1.165, 1.54) is 6.07 Å². The molecule has 0 amide bonds. The van der Waals surface area contributed by atoms with Crippen LogP contribution in [0.5, 0.6) is 0 Å². The Morgan fingerprint density at radius 2 is 2.00 bits per heavy atom. The minimum Gasteiger partial charge on any atom is -0.393 e. The summed E-state index contributed by atoms with van der Waals surface area (Å²) in [5.74, 6) is -1.88. The molecule has 1 saturated carbocycles. The van der Waals surface area contributed by atoms with Crippen LogP contribution in [0.1, 0.15) is 24.5 Å². The maximum Gasteiger partial charge on any atom is 0.159 e. The Bertz CT molecular complexity index is 394. The molecule has 0 saturated heterocycles. The molecule has 94 valence electrons. The van der Waals surface area contributed by atoms with Crippen LogP contribution in [0.3, 0.4) is 0 Å². The van der Waals surface area contributed by atoms with E-state index < -0.39 is 17.7 Å². The molecule has 17 heavy (non-hydrogen) atoms. The summed E-state index contributed by atoms with van der Waals surface area (Å²) in [7, 11) is 0. The maximum absolute atomic E-state index is 12.9. The Labute approximate surface area is 98.1 Å². The molecule has 2 rings (SSSR count). The van der Waals surface area contributed by atoms with Gasteiger partial charge in [-0.1, -0.05) is 6.07 Å². The average molecular weight is 243 g/mol. The summed E-state index contributed by atoms with van der Waals surface area (Å²) in [6.45, 7) is 0.266. The van der Waals surface area contributed by atoms with E-state index in [1.807, 2.05) is 0 Å². The van der Waals surface area contributed by atoms with Crippen molar-refractivity contribution < 1.29 is 19.0 Å². The van der Waals surface area contributed by atoms with Gasteiger partial charge in [-0.3, -0.25) is 0 Å². The van der Waals surface area contributed by atoms with Crippen LogP contribution in [-0.2, 0) is 0 Å². The lowest BCUT2D eigenvalue weighted by molar-refractivity contribution is 0.0550. The molecule has 1 aliphatic rings. The minimum absolute atomic E-state index is 0.199.